The predicted octanol–water partition coefficient (Wildman–Crippen LogP) is 3.26. The molecule has 1 atom stereocenters. The molecule has 1 fully saturated rings. The largest absolute Gasteiger partial charge is 0.505 e. The molecule has 1 N–H and O–H groups in total. The molecule has 1 aromatic rings. The SMILES string of the molecule is CC1CCCCN1S(=O)(=O)c1cc(Cl)cc(Cl)c1O. The minimum Gasteiger partial charge on any atom is -0.505 e. The molecule has 1 aliphatic rings. The summed E-state index contributed by atoms with van der Waals surface area (Å²) in [6.45, 7) is 2.31. The van der Waals surface area contributed by atoms with Crippen molar-refractivity contribution in [2.45, 2.75) is 37.1 Å². The van der Waals surface area contributed by atoms with Crippen LogP contribution in [0.2, 0.25) is 10.0 Å². The minimum absolute atomic E-state index is 0.0595. The summed E-state index contributed by atoms with van der Waals surface area (Å²) in [5.74, 6) is -0.441. The Balaban J connectivity index is 2.50. The second-order valence-corrected chi connectivity index (χ2v) is 7.40. The van der Waals surface area contributed by atoms with Gasteiger partial charge in [-0.1, -0.05) is 29.6 Å². The van der Waals surface area contributed by atoms with Crippen LogP contribution in [0.5, 0.6) is 5.75 Å². The third-order valence-electron chi connectivity index (χ3n) is 3.32. The number of aromatic hydroxyl groups is 1. The van der Waals surface area contributed by atoms with Crippen LogP contribution in [0.3, 0.4) is 0 Å². The molecule has 0 spiro atoms. The van der Waals surface area contributed by atoms with Crippen LogP contribution in [-0.2, 0) is 10.0 Å². The summed E-state index contributed by atoms with van der Waals surface area (Å²) in [6.07, 6.45) is 2.64. The molecule has 4 nitrogen and oxygen atoms in total. The molecule has 1 heterocycles. The maximum atomic E-state index is 12.6. The van der Waals surface area contributed by atoms with Gasteiger partial charge in [0.2, 0.25) is 10.0 Å². The number of hydrogen-bond acceptors (Lipinski definition) is 3. The molecule has 0 saturated carbocycles. The Morgan fingerprint density at radius 1 is 1.32 bits per heavy atom. The van der Waals surface area contributed by atoms with Crippen molar-refractivity contribution in [2.75, 3.05) is 6.54 Å². The van der Waals surface area contributed by atoms with Crippen LogP contribution in [0.4, 0.5) is 0 Å². The summed E-state index contributed by atoms with van der Waals surface area (Å²) < 4.78 is 26.5. The molecule has 1 aromatic carbocycles. The van der Waals surface area contributed by atoms with Crippen LogP contribution in [0, 0.1) is 0 Å². The summed E-state index contributed by atoms with van der Waals surface area (Å²) in [5.41, 5.74) is 0. The molecule has 0 aliphatic carbocycles. The van der Waals surface area contributed by atoms with E-state index < -0.39 is 15.8 Å². The monoisotopic (exact) mass is 323 g/mol. The van der Waals surface area contributed by atoms with Crippen molar-refractivity contribution in [3.63, 3.8) is 0 Å². The number of benzene rings is 1. The Kier molecular flexibility index (Phi) is 4.30. The van der Waals surface area contributed by atoms with Gasteiger partial charge in [-0.2, -0.15) is 4.31 Å². The number of sulfonamides is 1. The lowest BCUT2D eigenvalue weighted by atomic mass is 10.1. The van der Waals surface area contributed by atoms with E-state index in [0.717, 1.165) is 19.3 Å². The van der Waals surface area contributed by atoms with Crippen molar-refractivity contribution in [3.8, 4) is 5.75 Å². The Morgan fingerprint density at radius 3 is 2.63 bits per heavy atom. The van der Waals surface area contributed by atoms with Crippen LogP contribution < -0.4 is 0 Å². The smallest absolute Gasteiger partial charge is 0.247 e. The van der Waals surface area contributed by atoms with Gasteiger partial charge in [0.1, 0.15) is 4.90 Å². The van der Waals surface area contributed by atoms with E-state index in [-0.39, 0.29) is 21.0 Å². The highest BCUT2D eigenvalue weighted by atomic mass is 35.5. The highest BCUT2D eigenvalue weighted by molar-refractivity contribution is 7.89. The van der Waals surface area contributed by atoms with Crippen molar-refractivity contribution in [1.82, 2.24) is 4.31 Å². The zero-order chi connectivity index (χ0) is 14.2. The van der Waals surface area contributed by atoms with Crippen LogP contribution in [-0.4, -0.2) is 30.4 Å². The first kappa shape index (κ1) is 14.9. The Hall–Kier alpha value is -0.490. The maximum Gasteiger partial charge on any atom is 0.247 e. The van der Waals surface area contributed by atoms with E-state index in [1.165, 1.54) is 16.4 Å². The number of hydrogen-bond donors (Lipinski definition) is 1. The van der Waals surface area contributed by atoms with Crippen molar-refractivity contribution in [1.29, 1.82) is 0 Å². The summed E-state index contributed by atoms with van der Waals surface area (Å²) in [7, 11) is -3.77. The summed E-state index contributed by atoms with van der Waals surface area (Å²) >= 11 is 11.6. The van der Waals surface area contributed by atoms with Crippen LogP contribution in [0.25, 0.3) is 0 Å². The number of phenolic OH excluding ortho intramolecular Hbond substituents is 1. The van der Waals surface area contributed by atoms with Gasteiger partial charge in [0, 0.05) is 17.6 Å². The van der Waals surface area contributed by atoms with Gasteiger partial charge in [0.25, 0.3) is 0 Å². The van der Waals surface area contributed by atoms with Gasteiger partial charge >= 0.3 is 0 Å². The number of nitrogens with zero attached hydrogens (tertiary/aromatic N) is 1. The molecule has 1 unspecified atom stereocenters. The highest BCUT2D eigenvalue weighted by Gasteiger charge is 2.33. The highest BCUT2D eigenvalue weighted by Crippen LogP contribution is 2.37. The van der Waals surface area contributed by atoms with Gasteiger partial charge in [0.05, 0.1) is 5.02 Å². The first-order valence-corrected chi connectivity index (χ1v) is 8.23. The molecule has 2 rings (SSSR count). The number of phenols is 1. The van der Waals surface area contributed by atoms with E-state index in [0.29, 0.717) is 6.54 Å². The Morgan fingerprint density at radius 2 is 2.00 bits per heavy atom. The number of halogens is 2. The molecule has 7 heteroatoms. The topological polar surface area (TPSA) is 57.6 Å². The minimum atomic E-state index is -3.77. The standard InChI is InChI=1S/C12H15Cl2NO3S/c1-8-4-2-3-5-15(8)19(17,18)11-7-9(13)6-10(14)12(11)16/h6-8,16H,2-5H2,1H3. The second kappa shape index (κ2) is 5.48. The lowest BCUT2D eigenvalue weighted by molar-refractivity contribution is 0.268. The molecular weight excluding hydrogens is 309 g/mol. The third kappa shape index (κ3) is 2.84. The first-order valence-electron chi connectivity index (χ1n) is 6.04. The van der Waals surface area contributed by atoms with Gasteiger partial charge in [-0.3, -0.25) is 0 Å². The van der Waals surface area contributed by atoms with Crippen molar-refractivity contribution in [3.05, 3.63) is 22.2 Å². The fraction of sp³-hybridized carbons (Fsp3) is 0.500. The number of piperidine rings is 1. The quantitative estimate of drug-likeness (QED) is 0.908. The van der Waals surface area contributed by atoms with Gasteiger partial charge < -0.3 is 5.11 Å². The zero-order valence-corrected chi connectivity index (χ0v) is 12.8. The van der Waals surface area contributed by atoms with Crippen molar-refractivity contribution >= 4 is 33.2 Å². The molecule has 1 aliphatic heterocycles. The second-order valence-electron chi connectivity index (χ2n) is 4.69. The molecule has 106 valence electrons. The van der Waals surface area contributed by atoms with Crippen LogP contribution in [0.15, 0.2) is 17.0 Å². The van der Waals surface area contributed by atoms with Crippen LogP contribution >= 0.6 is 23.2 Å². The van der Waals surface area contributed by atoms with Gasteiger partial charge in [-0.25, -0.2) is 8.42 Å². The summed E-state index contributed by atoms with van der Waals surface area (Å²) in [4.78, 5) is -0.223. The molecule has 1 saturated heterocycles. The lowest BCUT2D eigenvalue weighted by Crippen LogP contribution is -2.41. The summed E-state index contributed by atoms with van der Waals surface area (Å²) in [5, 5.41) is 10.0. The van der Waals surface area contributed by atoms with E-state index in [2.05, 4.69) is 0 Å². The molecule has 19 heavy (non-hydrogen) atoms. The van der Waals surface area contributed by atoms with Gasteiger partial charge in [0.15, 0.2) is 5.75 Å². The first-order chi connectivity index (χ1) is 8.84. The van der Waals surface area contributed by atoms with Gasteiger partial charge in [-0.15, -0.1) is 0 Å². The number of rotatable bonds is 2. The Labute approximate surface area is 123 Å². The lowest BCUT2D eigenvalue weighted by Gasteiger charge is -2.32. The average molecular weight is 324 g/mol. The van der Waals surface area contributed by atoms with Crippen LogP contribution in [0.1, 0.15) is 26.2 Å². The van der Waals surface area contributed by atoms with E-state index >= 15 is 0 Å². The summed E-state index contributed by atoms with van der Waals surface area (Å²) in [6, 6.07) is 2.46. The predicted molar refractivity (Wildman–Crippen MR) is 75.3 cm³/mol. The fourth-order valence-electron chi connectivity index (χ4n) is 2.29. The van der Waals surface area contributed by atoms with E-state index in [9.17, 15) is 13.5 Å². The molecule has 0 aromatic heterocycles. The van der Waals surface area contributed by atoms with E-state index in [1.807, 2.05) is 6.92 Å². The normalized spacial score (nSPS) is 21.5. The Bertz CT molecular complexity index is 589. The van der Waals surface area contributed by atoms with E-state index in [1.54, 1.807) is 0 Å². The van der Waals surface area contributed by atoms with Crippen molar-refractivity contribution < 1.29 is 13.5 Å². The zero-order valence-electron chi connectivity index (χ0n) is 10.4. The third-order valence-corrected chi connectivity index (χ3v) is 5.86. The van der Waals surface area contributed by atoms with Gasteiger partial charge in [-0.05, 0) is 31.9 Å². The molecule has 0 radical (unpaired) electrons. The maximum absolute atomic E-state index is 12.6. The molecular formula is C12H15Cl2NO3S. The van der Waals surface area contributed by atoms with Crippen molar-refractivity contribution in [2.24, 2.45) is 0 Å². The fourth-order valence-corrected chi connectivity index (χ4v) is 4.74. The molecule has 0 amide bonds. The average Bonchev–Trinajstić information content (AvgIpc) is 2.34. The molecule has 0 bridgehead atoms. The van der Waals surface area contributed by atoms with E-state index in [4.69, 9.17) is 23.2 Å².